The minimum atomic E-state index is -0.324. The molecule has 138 valence electrons. The molecule has 7 heteroatoms. The first-order valence-corrected chi connectivity index (χ1v) is 9.78. The Bertz CT molecular complexity index is 1110. The maximum atomic E-state index is 12.7. The van der Waals surface area contributed by atoms with Gasteiger partial charge in [0.05, 0.1) is 16.1 Å². The third-order valence-electron chi connectivity index (χ3n) is 4.18. The van der Waals surface area contributed by atoms with Crippen LogP contribution in [-0.2, 0) is 9.59 Å². The van der Waals surface area contributed by atoms with Gasteiger partial charge in [-0.3, -0.25) is 19.5 Å². The van der Waals surface area contributed by atoms with Crippen LogP contribution in [0.2, 0.25) is 0 Å². The maximum Gasteiger partial charge on any atom is 0.266 e. The molecule has 0 saturated carbocycles. The predicted octanol–water partition coefficient (Wildman–Crippen LogP) is 4.07. The van der Waals surface area contributed by atoms with Gasteiger partial charge in [-0.15, -0.1) is 0 Å². The number of carbonyl (C=O) groups is 2. The van der Waals surface area contributed by atoms with Crippen molar-refractivity contribution in [1.82, 2.24) is 9.88 Å². The van der Waals surface area contributed by atoms with Crippen molar-refractivity contribution in [3.8, 4) is 0 Å². The van der Waals surface area contributed by atoms with Crippen molar-refractivity contribution in [2.45, 2.75) is 0 Å². The minimum Gasteiger partial charge on any atom is -0.323 e. The Labute approximate surface area is 171 Å². The van der Waals surface area contributed by atoms with Gasteiger partial charge in [0.2, 0.25) is 5.91 Å². The lowest BCUT2D eigenvalue weighted by molar-refractivity contribution is -0.126. The number of hydrogen-bond donors (Lipinski definition) is 1. The third-order valence-corrected chi connectivity index (χ3v) is 5.56. The van der Waals surface area contributed by atoms with Crippen LogP contribution in [0.25, 0.3) is 17.0 Å². The lowest BCUT2D eigenvalue weighted by Gasteiger charge is -2.14. The van der Waals surface area contributed by atoms with Crippen molar-refractivity contribution < 1.29 is 9.59 Å². The standard InChI is InChI=1S/C21H15N3O2S2/c25-18(23-16-10-4-8-15-9-5-11-22-19(15)16)13-24-20(26)17(28-21(24)27)12-14-6-2-1-3-7-14/h1-12H,13H2,(H,23,25). The molecule has 5 nitrogen and oxygen atoms in total. The number of hydrogen-bond acceptors (Lipinski definition) is 5. The van der Waals surface area contributed by atoms with Gasteiger partial charge >= 0.3 is 0 Å². The molecule has 2 aromatic carbocycles. The second-order valence-electron chi connectivity index (χ2n) is 6.11. The van der Waals surface area contributed by atoms with Crippen LogP contribution in [0, 0.1) is 0 Å². The van der Waals surface area contributed by atoms with Gasteiger partial charge < -0.3 is 5.32 Å². The summed E-state index contributed by atoms with van der Waals surface area (Å²) in [6.45, 7) is -0.139. The van der Waals surface area contributed by atoms with Gasteiger partial charge in [0.25, 0.3) is 5.91 Å². The average Bonchev–Trinajstić information content (AvgIpc) is 2.96. The lowest BCUT2D eigenvalue weighted by atomic mass is 10.2. The molecule has 0 unspecified atom stereocenters. The van der Waals surface area contributed by atoms with Gasteiger partial charge in [0.1, 0.15) is 10.9 Å². The smallest absolute Gasteiger partial charge is 0.266 e. The van der Waals surface area contributed by atoms with Crippen LogP contribution in [0.1, 0.15) is 5.56 Å². The molecule has 4 rings (SSSR count). The summed E-state index contributed by atoms with van der Waals surface area (Å²) in [6, 6.07) is 18.9. The average molecular weight is 406 g/mol. The van der Waals surface area contributed by atoms with E-state index >= 15 is 0 Å². The normalized spacial score (nSPS) is 15.4. The van der Waals surface area contributed by atoms with E-state index in [0.29, 0.717) is 20.4 Å². The second kappa shape index (κ2) is 7.92. The van der Waals surface area contributed by atoms with Gasteiger partial charge in [-0.05, 0) is 23.8 Å². The monoisotopic (exact) mass is 405 g/mol. The number of carbonyl (C=O) groups excluding carboxylic acids is 2. The van der Waals surface area contributed by atoms with Crippen LogP contribution in [0.15, 0.2) is 71.8 Å². The van der Waals surface area contributed by atoms with E-state index in [1.165, 1.54) is 16.7 Å². The number of nitrogens with one attached hydrogen (secondary N) is 1. The molecule has 0 radical (unpaired) electrons. The number of anilines is 1. The highest BCUT2D eigenvalue weighted by Gasteiger charge is 2.33. The molecule has 2 amide bonds. The summed E-state index contributed by atoms with van der Waals surface area (Å²) in [5.74, 6) is -0.583. The van der Waals surface area contributed by atoms with Gasteiger partial charge in [-0.25, -0.2) is 0 Å². The van der Waals surface area contributed by atoms with Crippen LogP contribution in [0.4, 0.5) is 5.69 Å². The Kier molecular flexibility index (Phi) is 5.18. The molecular formula is C21H15N3O2S2. The molecule has 1 saturated heterocycles. The van der Waals surface area contributed by atoms with E-state index in [1.54, 1.807) is 18.3 Å². The summed E-state index contributed by atoms with van der Waals surface area (Å²) >= 11 is 6.51. The number of benzene rings is 2. The Balaban J connectivity index is 1.49. The van der Waals surface area contributed by atoms with Crippen LogP contribution in [-0.4, -0.2) is 32.6 Å². The van der Waals surface area contributed by atoms with Crippen molar-refractivity contribution in [3.05, 3.63) is 77.3 Å². The van der Waals surface area contributed by atoms with Crippen LogP contribution in [0.3, 0.4) is 0 Å². The second-order valence-corrected chi connectivity index (χ2v) is 7.78. The first-order valence-electron chi connectivity index (χ1n) is 8.56. The topological polar surface area (TPSA) is 62.3 Å². The van der Waals surface area contributed by atoms with Crippen molar-refractivity contribution in [2.24, 2.45) is 0 Å². The van der Waals surface area contributed by atoms with Gasteiger partial charge in [-0.2, -0.15) is 0 Å². The fourth-order valence-corrected chi connectivity index (χ4v) is 4.13. The number of thioether (sulfide) groups is 1. The van der Waals surface area contributed by atoms with Crippen molar-refractivity contribution in [1.29, 1.82) is 0 Å². The molecule has 28 heavy (non-hydrogen) atoms. The van der Waals surface area contributed by atoms with Crippen LogP contribution < -0.4 is 5.32 Å². The van der Waals surface area contributed by atoms with E-state index in [9.17, 15) is 9.59 Å². The Morgan fingerprint density at radius 3 is 2.71 bits per heavy atom. The summed E-state index contributed by atoms with van der Waals surface area (Å²) < 4.78 is 0.373. The number of aromatic nitrogens is 1. The summed E-state index contributed by atoms with van der Waals surface area (Å²) in [6.07, 6.45) is 3.46. The molecule has 2 heterocycles. The quantitative estimate of drug-likeness (QED) is 0.524. The highest BCUT2D eigenvalue weighted by Crippen LogP contribution is 2.32. The largest absolute Gasteiger partial charge is 0.323 e. The predicted molar refractivity (Wildman–Crippen MR) is 117 cm³/mol. The first kappa shape index (κ1) is 18.3. The summed E-state index contributed by atoms with van der Waals surface area (Å²) in [5, 5.41) is 3.76. The number of rotatable bonds is 4. The zero-order chi connectivity index (χ0) is 19.5. The van der Waals surface area contributed by atoms with E-state index in [1.807, 2.05) is 54.6 Å². The molecule has 0 bridgehead atoms. The van der Waals surface area contributed by atoms with Gasteiger partial charge in [-0.1, -0.05) is 72.5 Å². The molecule has 1 aliphatic rings. The van der Waals surface area contributed by atoms with E-state index in [0.717, 1.165) is 10.9 Å². The number of thiocarbonyl (C=S) groups is 1. The Morgan fingerprint density at radius 1 is 1.11 bits per heavy atom. The summed E-state index contributed by atoms with van der Waals surface area (Å²) in [4.78, 5) is 31.4. The molecule has 1 aliphatic heterocycles. The maximum absolute atomic E-state index is 12.7. The molecular weight excluding hydrogens is 390 g/mol. The van der Waals surface area contributed by atoms with E-state index in [2.05, 4.69) is 10.3 Å². The lowest BCUT2D eigenvalue weighted by Crippen LogP contribution is -2.36. The van der Waals surface area contributed by atoms with E-state index < -0.39 is 0 Å². The zero-order valence-corrected chi connectivity index (χ0v) is 16.3. The number of fused-ring (bicyclic) bond motifs is 1. The van der Waals surface area contributed by atoms with Gasteiger partial charge in [0.15, 0.2) is 0 Å². The molecule has 1 fully saturated rings. The Morgan fingerprint density at radius 2 is 1.89 bits per heavy atom. The summed E-state index contributed by atoms with van der Waals surface area (Å²) in [7, 11) is 0. The molecule has 1 aromatic heterocycles. The number of para-hydroxylation sites is 1. The molecule has 3 aromatic rings. The fraction of sp³-hybridized carbons (Fsp3) is 0.0476. The van der Waals surface area contributed by atoms with Gasteiger partial charge in [0, 0.05) is 11.6 Å². The first-order chi connectivity index (χ1) is 13.6. The SMILES string of the molecule is O=C(CN1C(=O)C(=Cc2ccccc2)SC1=S)Nc1cccc2cccnc12. The minimum absolute atomic E-state index is 0.139. The highest BCUT2D eigenvalue weighted by atomic mass is 32.2. The molecule has 0 atom stereocenters. The molecule has 1 N–H and O–H groups in total. The van der Waals surface area contributed by atoms with Crippen LogP contribution >= 0.6 is 24.0 Å². The number of pyridine rings is 1. The van der Waals surface area contributed by atoms with E-state index in [-0.39, 0.29) is 18.4 Å². The fourth-order valence-electron chi connectivity index (χ4n) is 2.88. The zero-order valence-electron chi connectivity index (χ0n) is 14.7. The van der Waals surface area contributed by atoms with Crippen molar-refractivity contribution in [2.75, 3.05) is 11.9 Å². The summed E-state index contributed by atoms with van der Waals surface area (Å²) in [5.41, 5.74) is 2.22. The number of nitrogens with zero attached hydrogens (tertiary/aromatic N) is 2. The molecule has 0 aliphatic carbocycles. The van der Waals surface area contributed by atoms with Crippen molar-refractivity contribution >= 4 is 62.8 Å². The van der Waals surface area contributed by atoms with Crippen LogP contribution in [0.5, 0.6) is 0 Å². The van der Waals surface area contributed by atoms with Crippen molar-refractivity contribution in [3.63, 3.8) is 0 Å². The molecule has 0 spiro atoms. The Hall–Kier alpha value is -3.03. The highest BCUT2D eigenvalue weighted by molar-refractivity contribution is 8.26. The third kappa shape index (κ3) is 3.81. The number of amides is 2. The van der Waals surface area contributed by atoms with E-state index in [4.69, 9.17) is 12.2 Å².